The van der Waals surface area contributed by atoms with Crippen LogP contribution in [0, 0.1) is 0 Å². The van der Waals surface area contributed by atoms with Gasteiger partial charge in [0.2, 0.25) is 0 Å². The van der Waals surface area contributed by atoms with Crippen LogP contribution in [-0.2, 0) is 12.4 Å². The molecule has 2 nitrogen and oxygen atoms in total. The average molecular weight is 360 g/mol. The van der Waals surface area contributed by atoms with Crippen LogP contribution in [0.4, 0.5) is 26.3 Å². The number of hydrogen-bond acceptors (Lipinski definition) is 2. The van der Waals surface area contributed by atoms with Crippen molar-refractivity contribution in [3.63, 3.8) is 0 Å². The maximum Gasteiger partial charge on any atom is 0.416 e. The first-order chi connectivity index (χ1) is 11.6. The number of Topliss-reactive ketones (excluding diaryl/α,β-unsaturated/α-hetero) is 1. The second kappa shape index (κ2) is 5.79. The third-order valence-corrected chi connectivity index (χ3v) is 3.81. The lowest BCUT2D eigenvalue weighted by Crippen LogP contribution is -2.21. The van der Waals surface area contributed by atoms with Gasteiger partial charge in [0.05, 0.1) is 23.1 Å². The van der Waals surface area contributed by atoms with Crippen molar-refractivity contribution in [2.75, 3.05) is 0 Å². The van der Waals surface area contributed by atoms with Crippen molar-refractivity contribution in [3.8, 4) is 5.75 Å². The van der Waals surface area contributed by atoms with Crippen LogP contribution in [-0.4, -0.2) is 5.78 Å². The molecule has 3 rings (SSSR count). The van der Waals surface area contributed by atoms with E-state index in [-0.39, 0.29) is 29.4 Å². The third kappa shape index (κ3) is 3.47. The molecule has 8 heteroatoms. The summed E-state index contributed by atoms with van der Waals surface area (Å²) >= 11 is 0. The molecule has 2 aromatic rings. The summed E-state index contributed by atoms with van der Waals surface area (Å²) in [6.45, 7) is 0. The van der Waals surface area contributed by atoms with Crippen molar-refractivity contribution in [1.29, 1.82) is 0 Å². The summed E-state index contributed by atoms with van der Waals surface area (Å²) in [7, 11) is 0. The number of hydrogen-bond donors (Lipinski definition) is 0. The summed E-state index contributed by atoms with van der Waals surface area (Å²) in [5.74, 6) is -0.271. The second-order valence-corrected chi connectivity index (χ2v) is 5.57. The Morgan fingerprint density at radius 3 is 2.00 bits per heavy atom. The van der Waals surface area contributed by atoms with Crippen LogP contribution >= 0.6 is 0 Å². The normalized spacial score (nSPS) is 17.8. The first-order valence-corrected chi connectivity index (χ1v) is 7.14. The molecule has 0 amide bonds. The standard InChI is InChI=1S/C17H10F6O2/c18-16(19,20)10-5-9(6-11(7-10)17(21,22)23)15-8-13(24)12-3-1-2-4-14(12)25-15/h1-7,15H,8H2. The van der Waals surface area contributed by atoms with E-state index in [2.05, 4.69) is 0 Å². The molecule has 1 aliphatic rings. The Morgan fingerprint density at radius 1 is 0.880 bits per heavy atom. The highest BCUT2D eigenvalue weighted by molar-refractivity contribution is 5.99. The van der Waals surface area contributed by atoms with Gasteiger partial charge in [0.1, 0.15) is 11.9 Å². The summed E-state index contributed by atoms with van der Waals surface area (Å²) in [5, 5.41) is 0. The van der Waals surface area contributed by atoms with Gasteiger partial charge in [0.15, 0.2) is 5.78 Å². The number of fused-ring (bicyclic) bond motifs is 1. The zero-order valence-electron chi connectivity index (χ0n) is 12.4. The van der Waals surface area contributed by atoms with E-state index in [4.69, 9.17) is 4.74 Å². The average Bonchev–Trinajstić information content (AvgIpc) is 2.53. The van der Waals surface area contributed by atoms with Gasteiger partial charge >= 0.3 is 12.4 Å². The van der Waals surface area contributed by atoms with Gasteiger partial charge in [0.25, 0.3) is 0 Å². The van der Waals surface area contributed by atoms with Crippen LogP contribution in [0.15, 0.2) is 42.5 Å². The first-order valence-electron chi connectivity index (χ1n) is 7.14. The van der Waals surface area contributed by atoms with Crippen LogP contribution in [0.2, 0.25) is 0 Å². The molecule has 0 N–H and O–H groups in total. The number of halogens is 6. The van der Waals surface area contributed by atoms with Gasteiger partial charge in [-0.05, 0) is 35.9 Å². The molecule has 25 heavy (non-hydrogen) atoms. The number of carbonyl (C=O) groups is 1. The van der Waals surface area contributed by atoms with Crippen molar-refractivity contribution >= 4 is 5.78 Å². The summed E-state index contributed by atoms with van der Waals surface area (Å²) in [4.78, 5) is 12.1. The van der Waals surface area contributed by atoms with E-state index in [0.29, 0.717) is 12.1 Å². The van der Waals surface area contributed by atoms with E-state index in [1.807, 2.05) is 0 Å². The number of rotatable bonds is 1. The molecule has 1 unspecified atom stereocenters. The predicted molar refractivity (Wildman–Crippen MR) is 75.2 cm³/mol. The van der Waals surface area contributed by atoms with Crippen LogP contribution in [0.3, 0.4) is 0 Å². The zero-order chi connectivity index (χ0) is 18.4. The number of carbonyl (C=O) groups excluding carboxylic acids is 1. The predicted octanol–water partition coefficient (Wildman–Crippen LogP) is 5.43. The molecule has 0 bridgehead atoms. The maximum atomic E-state index is 12.9. The zero-order valence-corrected chi connectivity index (χ0v) is 12.4. The first kappa shape index (κ1) is 17.3. The smallest absolute Gasteiger partial charge is 0.416 e. The van der Waals surface area contributed by atoms with Crippen LogP contribution in [0.25, 0.3) is 0 Å². The largest absolute Gasteiger partial charge is 0.484 e. The highest BCUT2D eigenvalue weighted by Crippen LogP contribution is 2.40. The molecule has 0 aliphatic carbocycles. The van der Waals surface area contributed by atoms with E-state index in [1.54, 1.807) is 12.1 Å². The minimum Gasteiger partial charge on any atom is -0.484 e. The summed E-state index contributed by atoms with van der Waals surface area (Å²) in [6, 6.07) is 7.29. The molecule has 1 aliphatic heterocycles. The van der Waals surface area contributed by atoms with Gasteiger partial charge in [-0.2, -0.15) is 26.3 Å². The molecular formula is C17H10F6O2. The SMILES string of the molecule is O=C1CC(c2cc(C(F)(F)F)cc(C(F)(F)F)c2)Oc2ccccc21. The van der Waals surface area contributed by atoms with Crippen LogP contribution < -0.4 is 4.74 Å². The minimum atomic E-state index is -4.95. The van der Waals surface area contributed by atoms with Crippen LogP contribution in [0.5, 0.6) is 5.75 Å². The van der Waals surface area contributed by atoms with Gasteiger partial charge in [-0.1, -0.05) is 12.1 Å². The number of ether oxygens (including phenoxy) is 1. The lowest BCUT2D eigenvalue weighted by atomic mass is 9.94. The van der Waals surface area contributed by atoms with Crippen molar-refractivity contribution in [3.05, 3.63) is 64.7 Å². The molecule has 2 aromatic carbocycles. The quantitative estimate of drug-likeness (QED) is 0.634. The van der Waals surface area contributed by atoms with Gasteiger partial charge in [-0.3, -0.25) is 4.79 Å². The third-order valence-electron chi connectivity index (χ3n) is 3.81. The van der Waals surface area contributed by atoms with E-state index in [1.165, 1.54) is 12.1 Å². The number of para-hydroxylation sites is 1. The number of benzene rings is 2. The highest BCUT2D eigenvalue weighted by atomic mass is 19.4. The Balaban J connectivity index is 2.07. The summed E-state index contributed by atoms with van der Waals surface area (Å²) < 4.78 is 83.1. The molecule has 0 saturated heterocycles. The molecule has 1 heterocycles. The van der Waals surface area contributed by atoms with Crippen molar-refractivity contribution < 1.29 is 35.9 Å². The molecule has 0 aromatic heterocycles. The molecule has 132 valence electrons. The van der Waals surface area contributed by atoms with Gasteiger partial charge < -0.3 is 4.74 Å². The fourth-order valence-corrected chi connectivity index (χ4v) is 2.62. The monoisotopic (exact) mass is 360 g/mol. The Labute approximate surface area is 138 Å². The molecular weight excluding hydrogens is 350 g/mol. The van der Waals surface area contributed by atoms with Gasteiger partial charge in [-0.25, -0.2) is 0 Å². The summed E-state index contributed by atoms with van der Waals surface area (Å²) in [5.41, 5.74) is -2.97. The summed E-state index contributed by atoms with van der Waals surface area (Å²) in [6.07, 6.45) is -11.5. The lowest BCUT2D eigenvalue weighted by Gasteiger charge is -2.26. The molecule has 0 fully saturated rings. The molecule has 0 saturated carbocycles. The van der Waals surface area contributed by atoms with E-state index < -0.39 is 35.4 Å². The number of alkyl halides is 6. The highest BCUT2D eigenvalue weighted by Gasteiger charge is 2.38. The number of ketones is 1. The molecule has 1 atom stereocenters. The van der Waals surface area contributed by atoms with Crippen LogP contribution in [0.1, 0.15) is 39.6 Å². The molecule has 0 radical (unpaired) electrons. The van der Waals surface area contributed by atoms with Crippen molar-refractivity contribution in [1.82, 2.24) is 0 Å². The van der Waals surface area contributed by atoms with Crippen molar-refractivity contribution in [2.45, 2.75) is 24.9 Å². The van der Waals surface area contributed by atoms with Crippen molar-refractivity contribution in [2.24, 2.45) is 0 Å². The fraction of sp³-hybridized carbons (Fsp3) is 0.235. The maximum absolute atomic E-state index is 12.9. The Morgan fingerprint density at radius 2 is 1.44 bits per heavy atom. The lowest BCUT2D eigenvalue weighted by molar-refractivity contribution is -0.143. The van der Waals surface area contributed by atoms with Gasteiger partial charge in [0, 0.05) is 0 Å². The van der Waals surface area contributed by atoms with E-state index >= 15 is 0 Å². The fourth-order valence-electron chi connectivity index (χ4n) is 2.62. The Hall–Kier alpha value is -2.51. The Bertz CT molecular complexity index is 790. The van der Waals surface area contributed by atoms with E-state index in [0.717, 1.165) is 0 Å². The van der Waals surface area contributed by atoms with Gasteiger partial charge in [-0.15, -0.1) is 0 Å². The molecule has 0 spiro atoms. The second-order valence-electron chi connectivity index (χ2n) is 5.57. The van der Waals surface area contributed by atoms with E-state index in [9.17, 15) is 31.1 Å². The minimum absolute atomic E-state index is 0.0437. The topological polar surface area (TPSA) is 26.3 Å². The Kier molecular flexibility index (Phi) is 4.01.